The number of nitrogens with zero attached hydrogens (tertiary/aromatic N) is 1. The molecule has 0 radical (unpaired) electrons. The number of rotatable bonds is 3. The zero-order valence-corrected chi connectivity index (χ0v) is 32.1. The summed E-state index contributed by atoms with van der Waals surface area (Å²) in [6.45, 7) is 22.8. The molecular weight excluding hydrogens is 603 g/mol. The van der Waals surface area contributed by atoms with Crippen molar-refractivity contribution in [3.05, 3.63) is 14.9 Å². The van der Waals surface area contributed by atoms with Crippen molar-refractivity contribution in [3.8, 4) is 0 Å². The summed E-state index contributed by atoms with van der Waals surface area (Å²) in [6, 6.07) is 1.39. The van der Waals surface area contributed by atoms with Crippen LogP contribution >= 0.6 is 17.0 Å². The molecule has 7 heteroatoms. The van der Waals surface area contributed by atoms with Gasteiger partial charge in [0, 0.05) is 15.2 Å². The minimum absolute atomic E-state index is 0. The van der Waals surface area contributed by atoms with Gasteiger partial charge < -0.3 is 19.7 Å². The Hall–Kier alpha value is 1.92. The van der Waals surface area contributed by atoms with E-state index in [1.54, 1.807) is 38.5 Å². The van der Waals surface area contributed by atoms with Gasteiger partial charge >= 0.3 is 37.9 Å². The summed E-state index contributed by atoms with van der Waals surface area (Å²) in [5.74, 6) is 6.42. The van der Waals surface area contributed by atoms with E-state index in [1.807, 2.05) is 0 Å². The van der Waals surface area contributed by atoms with Gasteiger partial charge in [0.25, 0.3) is 0 Å². The van der Waals surface area contributed by atoms with Crippen molar-refractivity contribution in [2.75, 3.05) is 0 Å². The summed E-state index contributed by atoms with van der Waals surface area (Å²) < 4.78 is 0. The maximum atomic E-state index is 4.93. The van der Waals surface area contributed by atoms with Crippen molar-refractivity contribution in [2.24, 2.45) is 23.7 Å². The molecule has 0 amide bonds. The van der Waals surface area contributed by atoms with Gasteiger partial charge in [0.1, 0.15) is 0 Å². The molecule has 8 atom stereocenters. The first-order chi connectivity index (χ1) is 16.5. The normalized spacial score (nSPS) is 39.1. The SMILES string of the molecule is CC(C)N(B1C2CC3CCCCC3C2[Si](C)(C)[Si](C)(C)C2C1CC1CCCCC12)C(C)C.[CH3-].[CH3-].[Cl][Zr+2][Cl]. The van der Waals surface area contributed by atoms with Crippen LogP contribution in [-0.4, -0.2) is 38.9 Å². The predicted molar refractivity (Wildman–Crippen MR) is 172 cm³/mol. The van der Waals surface area contributed by atoms with E-state index in [-0.39, 0.29) is 14.9 Å². The van der Waals surface area contributed by atoms with Gasteiger partial charge in [-0.05, 0) is 58.5 Å². The van der Waals surface area contributed by atoms with Gasteiger partial charge in [-0.2, -0.15) is 0 Å². The Bertz CT molecular complexity index is 668. The predicted octanol–water partition coefficient (Wildman–Crippen LogP) is 10.8. The van der Waals surface area contributed by atoms with Crippen LogP contribution in [0.25, 0.3) is 0 Å². The van der Waals surface area contributed by atoms with Crippen LogP contribution in [0.15, 0.2) is 0 Å². The Morgan fingerprint density at radius 3 is 1.32 bits per heavy atom. The molecule has 4 saturated carbocycles. The van der Waals surface area contributed by atoms with Gasteiger partial charge in [0.15, 0.2) is 0 Å². The molecule has 5 rings (SSSR count). The fourth-order valence-corrected chi connectivity index (χ4v) is 26.6. The average Bonchev–Trinajstić information content (AvgIpc) is 3.34. The molecule has 0 aromatic heterocycles. The summed E-state index contributed by atoms with van der Waals surface area (Å²) in [5, 5.41) is 0. The van der Waals surface area contributed by atoms with Crippen molar-refractivity contribution >= 4 is 39.1 Å². The first kappa shape index (κ1) is 35.1. The van der Waals surface area contributed by atoms with E-state index in [0.29, 0.717) is 12.1 Å². The van der Waals surface area contributed by atoms with Crippen molar-refractivity contribution < 1.29 is 20.8 Å². The molecular formula is C30H60BCl2NSi2Zr. The molecule has 1 heterocycles. The second kappa shape index (κ2) is 13.9. The first-order valence-electron chi connectivity index (χ1n) is 15.2. The van der Waals surface area contributed by atoms with E-state index >= 15 is 0 Å². The van der Waals surface area contributed by atoms with E-state index in [0.717, 1.165) is 53.2 Å². The number of hydrogen-bond acceptors (Lipinski definition) is 1. The topological polar surface area (TPSA) is 3.24 Å². The number of halogens is 2. The average molecular weight is 664 g/mol. The third kappa shape index (κ3) is 6.19. The van der Waals surface area contributed by atoms with Gasteiger partial charge in [-0.15, -0.1) is 0 Å². The van der Waals surface area contributed by atoms with Crippen LogP contribution in [0.3, 0.4) is 0 Å². The second-order valence-electron chi connectivity index (χ2n) is 14.9. The molecule has 0 aromatic rings. The van der Waals surface area contributed by atoms with Gasteiger partial charge in [0.2, 0.25) is 6.85 Å². The Kier molecular flexibility index (Phi) is 13.2. The van der Waals surface area contributed by atoms with Gasteiger partial charge in [-0.25, -0.2) is 0 Å². The minimum atomic E-state index is -1.31. The summed E-state index contributed by atoms with van der Waals surface area (Å²) >= 11 is -0.826. The molecule has 37 heavy (non-hydrogen) atoms. The third-order valence-electron chi connectivity index (χ3n) is 12.7. The molecule has 214 valence electrons. The summed E-state index contributed by atoms with van der Waals surface area (Å²) in [7, 11) is 7.24. The van der Waals surface area contributed by atoms with Crippen LogP contribution in [0, 0.1) is 38.5 Å². The van der Waals surface area contributed by atoms with E-state index in [2.05, 4.69) is 58.7 Å². The molecule has 1 nitrogen and oxygen atoms in total. The van der Waals surface area contributed by atoms with Crippen molar-refractivity contribution in [1.29, 1.82) is 0 Å². The Morgan fingerprint density at radius 2 is 1.00 bits per heavy atom. The Labute approximate surface area is 254 Å². The van der Waals surface area contributed by atoms with Crippen LogP contribution < -0.4 is 0 Å². The maximum absolute atomic E-state index is 4.93. The van der Waals surface area contributed by atoms with Gasteiger partial charge in [-0.3, -0.25) is 0 Å². The molecule has 1 aliphatic heterocycles. The van der Waals surface area contributed by atoms with E-state index in [9.17, 15) is 0 Å². The molecule has 0 bridgehead atoms. The summed E-state index contributed by atoms with van der Waals surface area (Å²) in [4.78, 5) is 3.10. The van der Waals surface area contributed by atoms with Crippen molar-refractivity contribution in [3.63, 3.8) is 0 Å². The zero-order valence-electron chi connectivity index (χ0n) is 26.1. The van der Waals surface area contributed by atoms with Gasteiger partial charge in [0.05, 0.1) is 0 Å². The van der Waals surface area contributed by atoms with Crippen LogP contribution in [0.1, 0.15) is 91.9 Å². The standard InChI is InChI=1S/C28H54BNSi2.2CH3.2ClH.Zr/c1-19(2)30(20(3)4)29-25-17-21-13-9-11-15-23(21)27(25)31(5,6)32(7,8)28-24-16-12-10-14-22(24)18-26(28)29;;;;;/h19-28H,9-18H2,1-8H3;2*1H3;2*1H;/q;2*-1;;;+4/p-2. The van der Waals surface area contributed by atoms with Crippen LogP contribution in [0.5, 0.6) is 0 Å². The molecule has 0 N–H and O–H groups in total. The monoisotopic (exact) mass is 661 g/mol. The Balaban J connectivity index is 0.000000919. The summed E-state index contributed by atoms with van der Waals surface area (Å²) in [6.07, 6.45) is 15.7. The second-order valence-corrected chi connectivity index (χ2v) is 34.6. The quantitative estimate of drug-likeness (QED) is 0.215. The number of fused-ring (bicyclic) bond motifs is 6. The fraction of sp³-hybridized carbons (Fsp3) is 0.933. The molecule has 8 unspecified atom stereocenters. The van der Waals surface area contributed by atoms with Crippen molar-refractivity contribution in [2.45, 2.75) is 153 Å². The first-order valence-corrected chi connectivity index (χ1v) is 28.7. The fourth-order valence-electron chi connectivity index (χ4n) is 11.4. The van der Waals surface area contributed by atoms with Gasteiger partial charge in [-0.1, -0.05) is 118 Å². The van der Waals surface area contributed by atoms with Crippen molar-refractivity contribution in [1.82, 2.24) is 4.81 Å². The van der Waals surface area contributed by atoms with Crippen LogP contribution in [0.2, 0.25) is 48.9 Å². The van der Waals surface area contributed by atoms with E-state index < -0.39 is 36.0 Å². The molecule has 1 saturated heterocycles. The number of hydrogen-bond donors (Lipinski definition) is 0. The molecule has 0 spiro atoms. The zero-order chi connectivity index (χ0) is 25.7. The van der Waals surface area contributed by atoms with E-state index in [1.165, 1.54) is 25.7 Å². The van der Waals surface area contributed by atoms with Crippen LogP contribution in [0.4, 0.5) is 0 Å². The third-order valence-corrected chi connectivity index (χ3v) is 33.0. The molecule has 0 aromatic carbocycles. The molecule has 5 aliphatic rings. The van der Waals surface area contributed by atoms with Crippen LogP contribution in [-0.2, 0) is 20.8 Å². The Morgan fingerprint density at radius 1 is 0.676 bits per heavy atom. The molecule has 5 fully saturated rings. The summed E-state index contributed by atoms with van der Waals surface area (Å²) in [5.41, 5.74) is 2.26. The van der Waals surface area contributed by atoms with E-state index in [4.69, 9.17) is 17.0 Å². The molecule has 4 aliphatic carbocycles.